The van der Waals surface area contributed by atoms with Crippen molar-refractivity contribution in [3.05, 3.63) is 58.1 Å². The first-order chi connectivity index (χ1) is 15.0. The molecule has 1 saturated heterocycles. The van der Waals surface area contributed by atoms with E-state index in [-0.39, 0.29) is 24.2 Å². The Hall–Kier alpha value is -2.11. The standard InChI is InChI=1S/C24H27N3O3S.ClH/c25-13-17-1-3-20-19(11-17)14-27-22(20)12-18-2-4-23(24-21(18)7-10-31(24,28)29)30-15-16-5-8-26-9-6-16;/h1-4,11,16,22,26-27H,5-10,12,14-15H2;1H. The number of hydrogen-bond acceptors (Lipinski definition) is 6. The maximum atomic E-state index is 12.8. The summed E-state index contributed by atoms with van der Waals surface area (Å²) in [5, 5.41) is 16.0. The molecule has 170 valence electrons. The molecular formula is C24H28ClN3O3S. The summed E-state index contributed by atoms with van der Waals surface area (Å²) in [5.41, 5.74) is 5.00. The minimum Gasteiger partial charge on any atom is -0.492 e. The van der Waals surface area contributed by atoms with Gasteiger partial charge in [-0.2, -0.15) is 5.26 Å². The van der Waals surface area contributed by atoms with E-state index in [1.165, 1.54) is 5.56 Å². The molecule has 0 spiro atoms. The molecule has 0 saturated carbocycles. The van der Waals surface area contributed by atoms with Crippen molar-refractivity contribution in [1.29, 1.82) is 5.26 Å². The fraction of sp³-hybridized carbons (Fsp3) is 0.458. The highest BCUT2D eigenvalue weighted by Gasteiger charge is 2.34. The molecule has 2 N–H and O–H groups in total. The molecule has 3 aliphatic heterocycles. The number of piperidine rings is 1. The lowest BCUT2D eigenvalue weighted by molar-refractivity contribution is 0.211. The van der Waals surface area contributed by atoms with Crippen molar-refractivity contribution in [1.82, 2.24) is 10.6 Å². The van der Waals surface area contributed by atoms with E-state index in [1.54, 1.807) is 0 Å². The van der Waals surface area contributed by atoms with Crippen LogP contribution in [0.2, 0.25) is 0 Å². The van der Waals surface area contributed by atoms with Gasteiger partial charge in [0.1, 0.15) is 10.6 Å². The van der Waals surface area contributed by atoms with Crippen molar-refractivity contribution in [3.63, 3.8) is 0 Å². The van der Waals surface area contributed by atoms with Crippen molar-refractivity contribution in [2.45, 2.75) is 43.2 Å². The Morgan fingerprint density at radius 3 is 2.75 bits per heavy atom. The first kappa shape index (κ1) is 23.1. The van der Waals surface area contributed by atoms with Gasteiger partial charge in [0.15, 0.2) is 9.84 Å². The van der Waals surface area contributed by atoms with E-state index < -0.39 is 9.84 Å². The van der Waals surface area contributed by atoms with Crippen molar-refractivity contribution in [2.24, 2.45) is 5.92 Å². The molecule has 6 nitrogen and oxygen atoms in total. The number of nitriles is 1. The van der Waals surface area contributed by atoms with Crippen molar-refractivity contribution in [2.75, 3.05) is 25.4 Å². The molecule has 3 heterocycles. The van der Waals surface area contributed by atoms with Crippen LogP contribution in [0, 0.1) is 17.2 Å². The topological polar surface area (TPSA) is 91.2 Å². The summed E-state index contributed by atoms with van der Waals surface area (Å²) in [5.74, 6) is 1.15. The number of ether oxygens (including phenoxy) is 1. The molecule has 0 aromatic heterocycles. The molecule has 3 aliphatic rings. The zero-order chi connectivity index (χ0) is 21.4. The molecule has 2 aromatic rings. The number of fused-ring (bicyclic) bond motifs is 2. The van der Waals surface area contributed by atoms with Crippen LogP contribution in [0.15, 0.2) is 35.2 Å². The highest BCUT2D eigenvalue weighted by atomic mass is 35.5. The monoisotopic (exact) mass is 473 g/mol. The van der Waals surface area contributed by atoms with Crippen molar-refractivity contribution < 1.29 is 13.2 Å². The maximum absolute atomic E-state index is 12.8. The van der Waals surface area contributed by atoms with Gasteiger partial charge in [-0.25, -0.2) is 8.42 Å². The second kappa shape index (κ2) is 9.40. The summed E-state index contributed by atoms with van der Waals surface area (Å²) in [7, 11) is -3.31. The van der Waals surface area contributed by atoms with Gasteiger partial charge in [-0.05, 0) is 85.1 Å². The molecule has 0 amide bonds. The molecule has 8 heteroatoms. The average molecular weight is 474 g/mol. The maximum Gasteiger partial charge on any atom is 0.182 e. The van der Waals surface area contributed by atoms with Crippen LogP contribution in [0.4, 0.5) is 0 Å². The third-order valence-corrected chi connectivity index (χ3v) is 8.61. The Morgan fingerprint density at radius 2 is 1.97 bits per heavy atom. The van der Waals surface area contributed by atoms with Gasteiger partial charge in [0.05, 0.1) is 24.0 Å². The molecule has 1 fully saturated rings. The Bertz CT molecular complexity index is 1150. The predicted octanol–water partition coefficient (Wildman–Crippen LogP) is 3.08. The molecule has 5 rings (SSSR count). The van der Waals surface area contributed by atoms with E-state index in [9.17, 15) is 8.42 Å². The molecule has 1 unspecified atom stereocenters. The van der Waals surface area contributed by atoms with Gasteiger partial charge in [-0.1, -0.05) is 12.1 Å². The summed E-state index contributed by atoms with van der Waals surface area (Å²) in [6, 6.07) is 12.0. The number of halogens is 1. The second-order valence-corrected chi connectivity index (χ2v) is 10.8. The van der Waals surface area contributed by atoms with Crippen LogP contribution < -0.4 is 15.4 Å². The number of rotatable bonds is 5. The first-order valence-electron chi connectivity index (χ1n) is 11.0. The fourth-order valence-electron chi connectivity index (χ4n) is 5.08. The molecular weight excluding hydrogens is 446 g/mol. The summed E-state index contributed by atoms with van der Waals surface area (Å²) in [6.45, 7) is 3.29. The van der Waals surface area contributed by atoms with Crippen molar-refractivity contribution in [3.8, 4) is 11.8 Å². The Morgan fingerprint density at radius 1 is 1.16 bits per heavy atom. The van der Waals surface area contributed by atoms with Crippen LogP contribution in [0.1, 0.15) is 46.7 Å². The van der Waals surface area contributed by atoms with E-state index in [0.29, 0.717) is 35.2 Å². The zero-order valence-corrected chi connectivity index (χ0v) is 19.5. The van der Waals surface area contributed by atoms with Gasteiger partial charge in [-0.15, -0.1) is 12.4 Å². The van der Waals surface area contributed by atoms with E-state index >= 15 is 0 Å². The van der Waals surface area contributed by atoms with E-state index in [2.05, 4.69) is 16.7 Å². The smallest absolute Gasteiger partial charge is 0.182 e. The van der Waals surface area contributed by atoms with Crippen LogP contribution in [-0.4, -0.2) is 33.9 Å². The molecule has 0 radical (unpaired) electrons. The average Bonchev–Trinajstić information content (AvgIpc) is 3.34. The lowest BCUT2D eigenvalue weighted by atomic mass is 9.94. The summed E-state index contributed by atoms with van der Waals surface area (Å²) >= 11 is 0. The minimum absolute atomic E-state index is 0. The second-order valence-electron chi connectivity index (χ2n) is 8.77. The van der Waals surface area contributed by atoms with Gasteiger partial charge in [0.2, 0.25) is 0 Å². The van der Waals surface area contributed by atoms with Gasteiger partial charge in [-0.3, -0.25) is 0 Å². The Labute approximate surface area is 195 Å². The van der Waals surface area contributed by atoms with Gasteiger partial charge in [0, 0.05) is 12.6 Å². The number of nitrogens with zero attached hydrogens (tertiary/aromatic N) is 1. The fourth-order valence-corrected chi connectivity index (χ4v) is 6.79. The number of benzene rings is 2. The Kier molecular flexibility index (Phi) is 6.78. The number of hydrogen-bond donors (Lipinski definition) is 2. The quantitative estimate of drug-likeness (QED) is 0.693. The minimum atomic E-state index is -3.31. The summed E-state index contributed by atoms with van der Waals surface area (Å²) in [4.78, 5) is 0.414. The molecule has 0 bridgehead atoms. The predicted molar refractivity (Wildman–Crippen MR) is 125 cm³/mol. The van der Waals surface area contributed by atoms with Gasteiger partial charge >= 0.3 is 0 Å². The third kappa shape index (κ3) is 4.38. The summed E-state index contributed by atoms with van der Waals surface area (Å²) in [6.07, 6.45) is 3.40. The van der Waals surface area contributed by atoms with Crippen LogP contribution in [0.25, 0.3) is 0 Å². The van der Waals surface area contributed by atoms with Crippen LogP contribution in [-0.2, 0) is 29.2 Å². The lowest BCUT2D eigenvalue weighted by Gasteiger charge is -2.23. The highest BCUT2D eigenvalue weighted by Crippen LogP contribution is 2.39. The largest absolute Gasteiger partial charge is 0.492 e. The molecule has 32 heavy (non-hydrogen) atoms. The number of sulfone groups is 1. The SMILES string of the molecule is Cl.N#Cc1ccc2c(c1)CNC2Cc1ccc(OCC2CCNCC2)c2c1CCS2(=O)=O. The van der Waals surface area contributed by atoms with Crippen molar-refractivity contribution >= 4 is 22.2 Å². The number of nitrogens with one attached hydrogen (secondary N) is 2. The normalized spacial score (nSPS) is 21.3. The zero-order valence-electron chi connectivity index (χ0n) is 17.9. The lowest BCUT2D eigenvalue weighted by Crippen LogP contribution is -2.30. The van der Waals surface area contributed by atoms with Crippen LogP contribution in [0.3, 0.4) is 0 Å². The molecule has 2 aromatic carbocycles. The van der Waals surface area contributed by atoms with E-state index in [1.807, 2.05) is 30.3 Å². The summed E-state index contributed by atoms with van der Waals surface area (Å²) < 4.78 is 31.8. The van der Waals surface area contributed by atoms with Crippen LogP contribution >= 0.6 is 12.4 Å². The van der Waals surface area contributed by atoms with Gasteiger partial charge < -0.3 is 15.4 Å². The molecule has 0 aliphatic carbocycles. The molecule has 1 atom stereocenters. The highest BCUT2D eigenvalue weighted by molar-refractivity contribution is 7.91. The first-order valence-corrected chi connectivity index (χ1v) is 12.7. The Balaban J connectivity index is 0.00000245. The third-order valence-electron chi connectivity index (χ3n) is 6.80. The van der Waals surface area contributed by atoms with E-state index in [4.69, 9.17) is 10.00 Å². The van der Waals surface area contributed by atoms with Crippen LogP contribution in [0.5, 0.6) is 5.75 Å². The van der Waals surface area contributed by atoms with E-state index in [0.717, 1.165) is 55.6 Å². The van der Waals surface area contributed by atoms with Gasteiger partial charge in [0.25, 0.3) is 0 Å².